The average Bonchev–Trinajstić information content (AvgIpc) is 3.03. The van der Waals surface area contributed by atoms with Crippen LogP contribution in [0, 0.1) is 11.7 Å². The summed E-state index contributed by atoms with van der Waals surface area (Å²) in [6.07, 6.45) is 1.50. The van der Waals surface area contributed by atoms with Gasteiger partial charge in [0.1, 0.15) is 5.82 Å². The fourth-order valence-electron chi connectivity index (χ4n) is 2.85. The standard InChI is InChI=1S/C18H27FN4O.HI/c1-13(2)17(24)23-11-9-15(12-23)22-18(20-3)21-10-8-14-6-4-5-7-16(14)19;/h4-7,13,15H,8-12H2,1-3H3,(H2,20,21,22);1H. The summed E-state index contributed by atoms with van der Waals surface area (Å²) in [7, 11) is 1.71. The van der Waals surface area contributed by atoms with Crippen molar-refractivity contribution >= 4 is 35.8 Å². The second-order valence-corrected chi connectivity index (χ2v) is 6.41. The molecule has 1 saturated heterocycles. The third kappa shape index (κ3) is 6.45. The molecule has 1 aliphatic rings. The molecule has 1 aromatic rings. The summed E-state index contributed by atoms with van der Waals surface area (Å²) in [5, 5.41) is 6.55. The number of hydrogen-bond acceptors (Lipinski definition) is 2. The molecule has 1 unspecified atom stereocenters. The number of hydrogen-bond donors (Lipinski definition) is 2. The van der Waals surface area contributed by atoms with Crippen LogP contribution >= 0.6 is 24.0 Å². The van der Waals surface area contributed by atoms with E-state index in [4.69, 9.17) is 0 Å². The van der Waals surface area contributed by atoms with E-state index in [-0.39, 0.29) is 47.7 Å². The van der Waals surface area contributed by atoms with Crippen LogP contribution in [0.25, 0.3) is 0 Å². The third-order valence-corrected chi connectivity index (χ3v) is 4.20. The number of nitrogens with one attached hydrogen (secondary N) is 2. The molecule has 0 aromatic heterocycles. The van der Waals surface area contributed by atoms with Crippen molar-refractivity contribution in [3.05, 3.63) is 35.6 Å². The molecule has 1 aliphatic heterocycles. The van der Waals surface area contributed by atoms with Crippen LogP contribution in [-0.2, 0) is 11.2 Å². The lowest BCUT2D eigenvalue weighted by Gasteiger charge is -2.20. The summed E-state index contributed by atoms with van der Waals surface area (Å²) < 4.78 is 13.6. The van der Waals surface area contributed by atoms with Crippen LogP contribution in [0.1, 0.15) is 25.8 Å². The molecule has 25 heavy (non-hydrogen) atoms. The van der Waals surface area contributed by atoms with E-state index in [1.807, 2.05) is 24.8 Å². The number of rotatable bonds is 5. The molecule has 0 bridgehead atoms. The SMILES string of the molecule is CN=C(NCCc1ccccc1F)NC1CCN(C(=O)C(C)C)C1.I. The Hall–Kier alpha value is -1.38. The number of aliphatic imine (C=N–C) groups is 1. The van der Waals surface area contributed by atoms with Gasteiger partial charge < -0.3 is 15.5 Å². The quantitative estimate of drug-likeness (QED) is 0.402. The molecule has 140 valence electrons. The van der Waals surface area contributed by atoms with Crippen molar-refractivity contribution in [3.63, 3.8) is 0 Å². The van der Waals surface area contributed by atoms with E-state index < -0.39 is 0 Å². The predicted octanol–water partition coefficient (Wildman–Crippen LogP) is 2.41. The number of carbonyl (C=O) groups excluding carboxylic acids is 1. The summed E-state index contributed by atoms with van der Waals surface area (Å²) >= 11 is 0. The summed E-state index contributed by atoms with van der Waals surface area (Å²) in [5.41, 5.74) is 0.690. The van der Waals surface area contributed by atoms with E-state index in [1.165, 1.54) is 6.07 Å². The second kappa shape index (κ2) is 10.6. The lowest BCUT2D eigenvalue weighted by molar-refractivity contribution is -0.133. The highest BCUT2D eigenvalue weighted by molar-refractivity contribution is 14.0. The molecular weight excluding hydrogens is 434 g/mol. The Labute approximate surface area is 166 Å². The molecule has 1 heterocycles. The first-order valence-corrected chi connectivity index (χ1v) is 8.50. The van der Waals surface area contributed by atoms with Crippen LogP contribution in [0.15, 0.2) is 29.3 Å². The molecule has 0 radical (unpaired) electrons. The zero-order valence-corrected chi connectivity index (χ0v) is 17.4. The Bertz CT molecular complexity index is 594. The Morgan fingerprint density at radius 2 is 2.12 bits per heavy atom. The van der Waals surface area contributed by atoms with E-state index >= 15 is 0 Å². The van der Waals surface area contributed by atoms with Crippen molar-refractivity contribution in [1.29, 1.82) is 0 Å². The van der Waals surface area contributed by atoms with Crippen LogP contribution in [0.4, 0.5) is 4.39 Å². The number of likely N-dealkylation sites (tertiary alicyclic amines) is 1. The maximum atomic E-state index is 13.6. The zero-order chi connectivity index (χ0) is 17.5. The van der Waals surface area contributed by atoms with Gasteiger partial charge in [0.05, 0.1) is 0 Å². The molecule has 1 fully saturated rings. The fraction of sp³-hybridized carbons (Fsp3) is 0.556. The topological polar surface area (TPSA) is 56.7 Å². The number of guanidine groups is 1. The molecule has 1 amide bonds. The monoisotopic (exact) mass is 462 g/mol. The van der Waals surface area contributed by atoms with Gasteiger partial charge in [0.25, 0.3) is 0 Å². The van der Waals surface area contributed by atoms with Crippen molar-refractivity contribution < 1.29 is 9.18 Å². The summed E-state index contributed by atoms with van der Waals surface area (Å²) in [5.74, 6) is 0.736. The van der Waals surface area contributed by atoms with Gasteiger partial charge in [-0.2, -0.15) is 0 Å². The van der Waals surface area contributed by atoms with Crippen LogP contribution in [0.5, 0.6) is 0 Å². The van der Waals surface area contributed by atoms with E-state index in [0.29, 0.717) is 31.0 Å². The molecule has 7 heteroatoms. The van der Waals surface area contributed by atoms with Crippen molar-refractivity contribution in [1.82, 2.24) is 15.5 Å². The lowest BCUT2D eigenvalue weighted by atomic mass is 10.1. The van der Waals surface area contributed by atoms with E-state index in [9.17, 15) is 9.18 Å². The lowest BCUT2D eigenvalue weighted by Crippen LogP contribution is -2.45. The molecule has 1 aromatic carbocycles. The molecule has 2 rings (SSSR count). The molecular formula is C18H28FIN4O. The highest BCUT2D eigenvalue weighted by Gasteiger charge is 2.27. The smallest absolute Gasteiger partial charge is 0.225 e. The average molecular weight is 462 g/mol. The summed E-state index contributed by atoms with van der Waals surface area (Å²) in [4.78, 5) is 18.1. The van der Waals surface area contributed by atoms with Gasteiger partial charge in [-0.05, 0) is 24.5 Å². The first-order chi connectivity index (χ1) is 11.5. The van der Waals surface area contributed by atoms with Crippen LogP contribution < -0.4 is 10.6 Å². The van der Waals surface area contributed by atoms with Gasteiger partial charge in [-0.15, -0.1) is 24.0 Å². The van der Waals surface area contributed by atoms with Crippen molar-refractivity contribution in [2.45, 2.75) is 32.7 Å². The number of benzene rings is 1. The molecule has 0 aliphatic carbocycles. The normalized spacial score (nSPS) is 17.4. The minimum atomic E-state index is -0.180. The maximum Gasteiger partial charge on any atom is 0.225 e. The summed E-state index contributed by atoms with van der Waals surface area (Å²) in [6.45, 7) is 5.92. The minimum Gasteiger partial charge on any atom is -0.356 e. The highest BCUT2D eigenvalue weighted by Crippen LogP contribution is 2.12. The van der Waals surface area contributed by atoms with Gasteiger partial charge in [-0.1, -0.05) is 32.0 Å². The van der Waals surface area contributed by atoms with Crippen molar-refractivity contribution in [2.24, 2.45) is 10.9 Å². The first-order valence-electron chi connectivity index (χ1n) is 8.50. The fourth-order valence-corrected chi connectivity index (χ4v) is 2.85. The number of nitrogens with zero attached hydrogens (tertiary/aromatic N) is 2. The highest BCUT2D eigenvalue weighted by atomic mass is 127. The minimum absolute atomic E-state index is 0. The Balaban J connectivity index is 0.00000312. The van der Waals surface area contributed by atoms with Crippen molar-refractivity contribution in [2.75, 3.05) is 26.7 Å². The van der Waals surface area contributed by atoms with Gasteiger partial charge >= 0.3 is 0 Å². The van der Waals surface area contributed by atoms with Crippen molar-refractivity contribution in [3.8, 4) is 0 Å². The van der Waals surface area contributed by atoms with E-state index in [0.717, 1.165) is 13.0 Å². The first kappa shape index (κ1) is 21.7. The molecule has 1 atom stereocenters. The summed E-state index contributed by atoms with van der Waals surface area (Å²) in [6, 6.07) is 7.00. The maximum absolute atomic E-state index is 13.6. The predicted molar refractivity (Wildman–Crippen MR) is 110 cm³/mol. The van der Waals surface area contributed by atoms with Crippen LogP contribution in [0.3, 0.4) is 0 Å². The number of halogens is 2. The van der Waals surface area contributed by atoms with Crippen LogP contribution in [-0.4, -0.2) is 49.5 Å². The molecule has 0 saturated carbocycles. The largest absolute Gasteiger partial charge is 0.356 e. The van der Waals surface area contributed by atoms with Gasteiger partial charge in [-0.25, -0.2) is 4.39 Å². The Kier molecular flexibility index (Phi) is 9.16. The molecule has 0 spiro atoms. The van der Waals surface area contributed by atoms with E-state index in [2.05, 4.69) is 15.6 Å². The second-order valence-electron chi connectivity index (χ2n) is 6.41. The van der Waals surface area contributed by atoms with Gasteiger partial charge in [0.2, 0.25) is 5.91 Å². The number of carbonyl (C=O) groups is 1. The van der Waals surface area contributed by atoms with E-state index in [1.54, 1.807) is 19.2 Å². The molecule has 2 N–H and O–H groups in total. The number of amides is 1. The van der Waals surface area contributed by atoms with Crippen LogP contribution in [0.2, 0.25) is 0 Å². The van der Waals surface area contributed by atoms with Gasteiger partial charge in [0, 0.05) is 38.6 Å². The Morgan fingerprint density at radius 3 is 2.76 bits per heavy atom. The molecule has 5 nitrogen and oxygen atoms in total. The third-order valence-electron chi connectivity index (χ3n) is 4.20. The van der Waals surface area contributed by atoms with Gasteiger partial charge in [0.15, 0.2) is 5.96 Å². The Morgan fingerprint density at radius 1 is 1.40 bits per heavy atom. The zero-order valence-electron chi connectivity index (χ0n) is 15.1. The van der Waals surface area contributed by atoms with Gasteiger partial charge in [-0.3, -0.25) is 9.79 Å².